The number of amides is 1. The SMILES string of the molecule is COc1ccc(S(=O)(=O)NC2CCN(C(=O)c3ccc(C)cc3)CC2)cc1. The summed E-state index contributed by atoms with van der Waals surface area (Å²) in [4.78, 5) is 14.6. The molecule has 6 nitrogen and oxygen atoms in total. The number of rotatable bonds is 5. The summed E-state index contributed by atoms with van der Waals surface area (Å²) >= 11 is 0. The van der Waals surface area contributed by atoms with Gasteiger partial charge < -0.3 is 9.64 Å². The molecule has 0 bridgehead atoms. The maximum absolute atomic E-state index is 12.6. The fourth-order valence-electron chi connectivity index (χ4n) is 3.12. The minimum atomic E-state index is -3.59. The summed E-state index contributed by atoms with van der Waals surface area (Å²) in [7, 11) is -2.05. The van der Waals surface area contributed by atoms with E-state index in [-0.39, 0.29) is 16.8 Å². The van der Waals surface area contributed by atoms with Gasteiger partial charge in [-0.1, -0.05) is 17.7 Å². The van der Waals surface area contributed by atoms with Crippen LogP contribution in [0.2, 0.25) is 0 Å². The average molecular weight is 388 g/mol. The van der Waals surface area contributed by atoms with E-state index in [1.54, 1.807) is 17.0 Å². The van der Waals surface area contributed by atoms with Crippen LogP contribution in [0.3, 0.4) is 0 Å². The number of piperidine rings is 1. The van der Waals surface area contributed by atoms with E-state index in [1.165, 1.54) is 19.2 Å². The molecule has 1 heterocycles. The van der Waals surface area contributed by atoms with Crippen LogP contribution in [0.25, 0.3) is 0 Å². The number of aryl methyl sites for hydroxylation is 1. The Morgan fingerprint density at radius 3 is 2.19 bits per heavy atom. The molecule has 144 valence electrons. The van der Waals surface area contributed by atoms with Crippen LogP contribution in [-0.4, -0.2) is 45.5 Å². The highest BCUT2D eigenvalue weighted by Gasteiger charge is 2.27. The third kappa shape index (κ3) is 4.67. The predicted octanol–water partition coefficient (Wildman–Crippen LogP) is 2.59. The fourth-order valence-corrected chi connectivity index (χ4v) is 4.43. The minimum absolute atomic E-state index is 0.00791. The number of carbonyl (C=O) groups is 1. The maximum Gasteiger partial charge on any atom is 0.253 e. The molecule has 0 spiro atoms. The van der Waals surface area contributed by atoms with Crippen LogP contribution in [0, 0.1) is 6.92 Å². The van der Waals surface area contributed by atoms with Crippen molar-refractivity contribution in [1.82, 2.24) is 9.62 Å². The topological polar surface area (TPSA) is 75.7 Å². The van der Waals surface area contributed by atoms with Gasteiger partial charge in [0.25, 0.3) is 5.91 Å². The summed E-state index contributed by atoms with van der Waals surface area (Å²) in [5, 5.41) is 0. The normalized spacial score (nSPS) is 15.6. The van der Waals surface area contributed by atoms with E-state index in [4.69, 9.17) is 4.74 Å². The molecule has 0 atom stereocenters. The molecule has 2 aromatic rings. The molecule has 0 aliphatic carbocycles. The summed E-state index contributed by atoms with van der Waals surface area (Å²) in [6.07, 6.45) is 1.18. The quantitative estimate of drug-likeness (QED) is 0.854. The molecule has 2 aromatic carbocycles. The van der Waals surface area contributed by atoms with Crippen LogP contribution in [0.15, 0.2) is 53.4 Å². The molecule has 1 aliphatic heterocycles. The predicted molar refractivity (Wildman–Crippen MR) is 103 cm³/mol. The van der Waals surface area contributed by atoms with Crippen LogP contribution in [-0.2, 0) is 10.0 Å². The first kappa shape index (κ1) is 19.4. The van der Waals surface area contributed by atoms with Crippen LogP contribution < -0.4 is 9.46 Å². The second-order valence-corrected chi connectivity index (χ2v) is 8.44. The largest absolute Gasteiger partial charge is 0.497 e. The first-order valence-electron chi connectivity index (χ1n) is 8.91. The minimum Gasteiger partial charge on any atom is -0.497 e. The number of nitrogens with zero attached hydrogens (tertiary/aromatic N) is 1. The highest BCUT2D eigenvalue weighted by atomic mass is 32.2. The molecule has 1 amide bonds. The van der Waals surface area contributed by atoms with Gasteiger partial charge in [-0.05, 0) is 56.2 Å². The third-order valence-corrected chi connectivity index (χ3v) is 6.31. The monoisotopic (exact) mass is 388 g/mol. The Bertz CT molecular complexity index is 885. The summed E-state index contributed by atoms with van der Waals surface area (Å²) in [6.45, 7) is 3.04. The summed E-state index contributed by atoms with van der Waals surface area (Å²) in [5.74, 6) is 0.600. The van der Waals surface area contributed by atoms with Gasteiger partial charge >= 0.3 is 0 Å². The van der Waals surface area contributed by atoms with Crippen molar-refractivity contribution in [2.45, 2.75) is 30.7 Å². The fraction of sp³-hybridized carbons (Fsp3) is 0.350. The molecule has 1 N–H and O–H groups in total. The molecule has 0 unspecified atom stereocenters. The number of sulfonamides is 1. The van der Waals surface area contributed by atoms with Crippen molar-refractivity contribution >= 4 is 15.9 Å². The third-order valence-electron chi connectivity index (χ3n) is 4.77. The number of carbonyl (C=O) groups excluding carboxylic acids is 1. The van der Waals surface area contributed by atoms with Gasteiger partial charge in [0.15, 0.2) is 0 Å². The molecular weight excluding hydrogens is 364 g/mol. The van der Waals surface area contributed by atoms with E-state index in [1.807, 2.05) is 31.2 Å². The zero-order valence-electron chi connectivity index (χ0n) is 15.5. The van der Waals surface area contributed by atoms with Crippen LogP contribution in [0.4, 0.5) is 0 Å². The molecule has 7 heteroatoms. The van der Waals surface area contributed by atoms with E-state index in [0.717, 1.165) is 5.56 Å². The van der Waals surface area contributed by atoms with Gasteiger partial charge in [-0.3, -0.25) is 4.79 Å². The molecule has 27 heavy (non-hydrogen) atoms. The molecule has 3 rings (SSSR count). The number of likely N-dealkylation sites (tertiary alicyclic amines) is 1. The summed E-state index contributed by atoms with van der Waals surface area (Å²) < 4.78 is 32.9. The van der Waals surface area contributed by atoms with Crippen molar-refractivity contribution in [3.63, 3.8) is 0 Å². The molecule has 1 fully saturated rings. The molecule has 1 saturated heterocycles. The van der Waals surface area contributed by atoms with Gasteiger partial charge in [0.1, 0.15) is 5.75 Å². The molecule has 1 aliphatic rings. The van der Waals surface area contributed by atoms with Crippen molar-refractivity contribution in [2.24, 2.45) is 0 Å². The number of benzene rings is 2. The smallest absolute Gasteiger partial charge is 0.253 e. The highest BCUT2D eigenvalue weighted by Crippen LogP contribution is 2.19. The Kier molecular flexibility index (Phi) is 5.82. The number of methoxy groups -OCH3 is 1. The molecular formula is C20H24N2O4S. The lowest BCUT2D eigenvalue weighted by Crippen LogP contribution is -2.46. The number of ether oxygens (including phenoxy) is 1. The summed E-state index contributed by atoms with van der Waals surface area (Å²) in [5.41, 5.74) is 1.77. The highest BCUT2D eigenvalue weighted by molar-refractivity contribution is 7.89. The number of nitrogens with one attached hydrogen (secondary N) is 1. The first-order chi connectivity index (χ1) is 12.9. The van der Waals surface area contributed by atoms with E-state index >= 15 is 0 Å². The Hall–Kier alpha value is -2.38. The van der Waals surface area contributed by atoms with Gasteiger partial charge in [0.05, 0.1) is 12.0 Å². The average Bonchev–Trinajstić information content (AvgIpc) is 2.68. The zero-order valence-corrected chi connectivity index (χ0v) is 16.3. The number of hydrogen-bond donors (Lipinski definition) is 1. The Balaban J connectivity index is 1.58. The lowest BCUT2D eigenvalue weighted by molar-refractivity contribution is 0.0711. The van der Waals surface area contributed by atoms with Crippen LogP contribution in [0.1, 0.15) is 28.8 Å². The van der Waals surface area contributed by atoms with Gasteiger partial charge in [-0.15, -0.1) is 0 Å². The maximum atomic E-state index is 12.6. The second kappa shape index (κ2) is 8.10. The van der Waals surface area contributed by atoms with Crippen molar-refractivity contribution in [3.05, 3.63) is 59.7 Å². The molecule has 0 aromatic heterocycles. The second-order valence-electron chi connectivity index (χ2n) is 6.73. The van der Waals surface area contributed by atoms with E-state index in [0.29, 0.717) is 37.2 Å². The Morgan fingerprint density at radius 2 is 1.63 bits per heavy atom. The van der Waals surface area contributed by atoms with Gasteiger partial charge in [0.2, 0.25) is 10.0 Å². The lowest BCUT2D eigenvalue weighted by atomic mass is 10.0. The van der Waals surface area contributed by atoms with Crippen molar-refractivity contribution in [3.8, 4) is 5.75 Å². The Labute approximate surface area is 160 Å². The summed E-state index contributed by atoms with van der Waals surface area (Å²) in [6, 6.07) is 13.6. The lowest BCUT2D eigenvalue weighted by Gasteiger charge is -2.32. The van der Waals surface area contributed by atoms with Crippen molar-refractivity contribution in [2.75, 3.05) is 20.2 Å². The molecule has 0 radical (unpaired) electrons. The van der Waals surface area contributed by atoms with Crippen molar-refractivity contribution < 1.29 is 17.9 Å². The van der Waals surface area contributed by atoms with Gasteiger partial charge in [0, 0.05) is 24.7 Å². The molecule has 0 saturated carbocycles. The van der Waals surface area contributed by atoms with Gasteiger partial charge in [-0.2, -0.15) is 0 Å². The van der Waals surface area contributed by atoms with Crippen molar-refractivity contribution in [1.29, 1.82) is 0 Å². The zero-order chi connectivity index (χ0) is 19.4. The van der Waals surface area contributed by atoms with E-state index in [9.17, 15) is 13.2 Å². The van der Waals surface area contributed by atoms with E-state index < -0.39 is 10.0 Å². The van der Waals surface area contributed by atoms with Crippen LogP contribution >= 0.6 is 0 Å². The first-order valence-corrected chi connectivity index (χ1v) is 10.4. The standard InChI is InChI=1S/C20H24N2O4S/c1-15-3-5-16(6-4-15)20(23)22-13-11-17(12-14-22)21-27(24,25)19-9-7-18(26-2)8-10-19/h3-10,17,21H,11-14H2,1-2H3. The van der Waals surface area contributed by atoms with Gasteiger partial charge in [-0.25, -0.2) is 13.1 Å². The van der Waals surface area contributed by atoms with Crippen LogP contribution in [0.5, 0.6) is 5.75 Å². The number of hydrogen-bond acceptors (Lipinski definition) is 4. The van der Waals surface area contributed by atoms with E-state index in [2.05, 4.69) is 4.72 Å². The Morgan fingerprint density at radius 1 is 1.04 bits per heavy atom.